The van der Waals surface area contributed by atoms with E-state index in [-0.39, 0.29) is 11.5 Å². The molecule has 1 atom stereocenters. The molecule has 1 fully saturated rings. The molecule has 1 aliphatic carbocycles. The van der Waals surface area contributed by atoms with Gasteiger partial charge in [-0.1, -0.05) is 6.07 Å². The maximum atomic E-state index is 9.91. The standard InChI is InChI=1S/C12H17NO2/c1-8(13)12(6-7-12)11-9(14)4-3-5-10(11)15-2/h3-5,8,14H,6-7,13H2,1-2H3. The summed E-state index contributed by atoms with van der Waals surface area (Å²) < 4.78 is 5.29. The van der Waals surface area contributed by atoms with Gasteiger partial charge >= 0.3 is 0 Å². The topological polar surface area (TPSA) is 55.5 Å². The van der Waals surface area contributed by atoms with Crippen LogP contribution < -0.4 is 10.5 Å². The van der Waals surface area contributed by atoms with Crippen molar-refractivity contribution in [1.29, 1.82) is 0 Å². The van der Waals surface area contributed by atoms with Crippen molar-refractivity contribution in [3.05, 3.63) is 23.8 Å². The van der Waals surface area contributed by atoms with E-state index in [2.05, 4.69) is 0 Å². The van der Waals surface area contributed by atoms with Gasteiger partial charge < -0.3 is 15.6 Å². The number of hydrogen-bond donors (Lipinski definition) is 2. The summed E-state index contributed by atoms with van der Waals surface area (Å²) in [7, 11) is 1.62. The van der Waals surface area contributed by atoms with Gasteiger partial charge in [-0.3, -0.25) is 0 Å². The number of phenolic OH excluding ortho intramolecular Hbond substituents is 1. The molecule has 0 saturated heterocycles. The number of phenols is 1. The molecule has 3 N–H and O–H groups in total. The van der Waals surface area contributed by atoms with Crippen molar-refractivity contribution >= 4 is 0 Å². The Bertz CT molecular complexity index is 370. The molecule has 0 radical (unpaired) electrons. The van der Waals surface area contributed by atoms with E-state index in [9.17, 15) is 5.11 Å². The maximum Gasteiger partial charge on any atom is 0.126 e. The molecule has 1 aromatic carbocycles. The van der Waals surface area contributed by atoms with E-state index in [0.717, 1.165) is 24.2 Å². The van der Waals surface area contributed by atoms with Crippen molar-refractivity contribution in [1.82, 2.24) is 0 Å². The molecule has 0 amide bonds. The van der Waals surface area contributed by atoms with E-state index >= 15 is 0 Å². The number of hydrogen-bond acceptors (Lipinski definition) is 3. The van der Waals surface area contributed by atoms with Crippen LogP contribution >= 0.6 is 0 Å². The molecule has 82 valence electrons. The Labute approximate surface area is 89.9 Å². The normalized spacial score (nSPS) is 19.7. The lowest BCUT2D eigenvalue weighted by Gasteiger charge is -2.23. The van der Waals surface area contributed by atoms with Gasteiger partial charge in [0.1, 0.15) is 11.5 Å². The van der Waals surface area contributed by atoms with Crippen molar-refractivity contribution in [2.75, 3.05) is 7.11 Å². The van der Waals surface area contributed by atoms with Gasteiger partial charge in [0, 0.05) is 17.0 Å². The zero-order chi connectivity index (χ0) is 11.1. The average Bonchev–Trinajstić information content (AvgIpc) is 2.98. The van der Waals surface area contributed by atoms with Gasteiger partial charge in [0.2, 0.25) is 0 Å². The van der Waals surface area contributed by atoms with Gasteiger partial charge in [0.05, 0.1) is 7.11 Å². The molecule has 0 spiro atoms. The van der Waals surface area contributed by atoms with E-state index in [1.165, 1.54) is 0 Å². The summed E-state index contributed by atoms with van der Waals surface area (Å²) >= 11 is 0. The first-order chi connectivity index (χ1) is 7.12. The summed E-state index contributed by atoms with van der Waals surface area (Å²) in [6, 6.07) is 5.40. The first kappa shape index (κ1) is 10.3. The third-order valence-electron chi connectivity index (χ3n) is 3.38. The van der Waals surface area contributed by atoms with Crippen LogP contribution in [0.25, 0.3) is 0 Å². The minimum absolute atomic E-state index is 0.0414. The third kappa shape index (κ3) is 1.47. The SMILES string of the molecule is COc1cccc(O)c1C1(C(C)N)CC1. The Morgan fingerprint density at radius 3 is 2.60 bits per heavy atom. The van der Waals surface area contributed by atoms with E-state index in [1.807, 2.05) is 13.0 Å². The van der Waals surface area contributed by atoms with Gasteiger partial charge in [0.25, 0.3) is 0 Å². The lowest BCUT2D eigenvalue weighted by atomic mass is 9.88. The number of aromatic hydroxyl groups is 1. The van der Waals surface area contributed by atoms with Gasteiger partial charge in [-0.25, -0.2) is 0 Å². The highest BCUT2D eigenvalue weighted by atomic mass is 16.5. The second-order valence-corrected chi connectivity index (χ2v) is 4.30. The van der Waals surface area contributed by atoms with Crippen LogP contribution in [0.1, 0.15) is 25.3 Å². The number of ether oxygens (including phenoxy) is 1. The zero-order valence-corrected chi connectivity index (χ0v) is 9.16. The molecular weight excluding hydrogens is 190 g/mol. The van der Waals surface area contributed by atoms with Gasteiger partial charge in [-0.05, 0) is 31.9 Å². The molecule has 1 aromatic rings. The van der Waals surface area contributed by atoms with E-state index in [4.69, 9.17) is 10.5 Å². The fraction of sp³-hybridized carbons (Fsp3) is 0.500. The zero-order valence-electron chi connectivity index (χ0n) is 9.16. The second-order valence-electron chi connectivity index (χ2n) is 4.30. The molecule has 3 heteroatoms. The van der Waals surface area contributed by atoms with Crippen LogP contribution in [0, 0.1) is 0 Å². The minimum atomic E-state index is -0.0727. The Balaban J connectivity index is 2.51. The number of nitrogens with two attached hydrogens (primary N) is 1. The first-order valence-corrected chi connectivity index (χ1v) is 5.24. The van der Waals surface area contributed by atoms with Crippen molar-refractivity contribution < 1.29 is 9.84 Å². The molecule has 1 aliphatic rings. The van der Waals surface area contributed by atoms with Crippen molar-refractivity contribution in [2.24, 2.45) is 5.73 Å². The Morgan fingerprint density at radius 2 is 2.13 bits per heavy atom. The third-order valence-corrected chi connectivity index (χ3v) is 3.38. The van der Waals surface area contributed by atoms with Crippen molar-refractivity contribution in [3.8, 4) is 11.5 Å². The van der Waals surface area contributed by atoms with Crippen LogP contribution in [0.5, 0.6) is 11.5 Å². The monoisotopic (exact) mass is 207 g/mol. The van der Waals surface area contributed by atoms with E-state index in [1.54, 1.807) is 19.2 Å². The van der Waals surface area contributed by atoms with Crippen LogP contribution in [0.4, 0.5) is 0 Å². The van der Waals surface area contributed by atoms with E-state index in [0.29, 0.717) is 5.75 Å². The summed E-state index contributed by atoms with van der Waals surface area (Å²) in [5.41, 5.74) is 6.80. The van der Waals surface area contributed by atoms with Crippen molar-refractivity contribution in [2.45, 2.75) is 31.2 Å². The number of methoxy groups -OCH3 is 1. The summed E-state index contributed by atoms with van der Waals surface area (Å²) in [5, 5.41) is 9.91. The number of benzene rings is 1. The summed E-state index contributed by atoms with van der Waals surface area (Å²) in [5.74, 6) is 1.04. The van der Waals surface area contributed by atoms with Crippen LogP contribution in [-0.2, 0) is 5.41 Å². The predicted octanol–water partition coefficient (Wildman–Crippen LogP) is 1.78. The molecule has 1 unspecified atom stereocenters. The highest BCUT2D eigenvalue weighted by Crippen LogP contribution is 2.55. The Morgan fingerprint density at radius 1 is 1.47 bits per heavy atom. The highest BCUT2D eigenvalue weighted by Gasteiger charge is 2.50. The quantitative estimate of drug-likeness (QED) is 0.794. The largest absolute Gasteiger partial charge is 0.508 e. The Kier molecular flexibility index (Phi) is 2.35. The molecule has 3 nitrogen and oxygen atoms in total. The average molecular weight is 207 g/mol. The van der Waals surface area contributed by atoms with Gasteiger partial charge in [-0.2, -0.15) is 0 Å². The molecule has 0 heterocycles. The van der Waals surface area contributed by atoms with Crippen molar-refractivity contribution in [3.63, 3.8) is 0 Å². The lowest BCUT2D eigenvalue weighted by molar-refractivity contribution is 0.383. The molecular formula is C12H17NO2. The first-order valence-electron chi connectivity index (χ1n) is 5.24. The van der Waals surface area contributed by atoms with Crippen LogP contribution in [-0.4, -0.2) is 18.3 Å². The smallest absolute Gasteiger partial charge is 0.126 e. The highest BCUT2D eigenvalue weighted by molar-refractivity contribution is 5.52. The molecule has 1 saturated carbocycles. The predicted molar refractivity (Wildman–Crippen MR) is 59.2 cm³/mol. The van der Waals surface area contributed by atoms with Crippen LogP contribution in [0.3, 0.4) is 0 Å². The molecule has 0 aromatic heterocycles. The molecule has 2 rings (SSSR count). The fourth-order valence-corrected chi connectivity index (χ4v) is 2.26. The minimum Gasteiger partial charge on any atom is -0.508 e. The van der Waals surface area contributed by atoms with E-state index < -0.39 is 0 Å². The Hall–Kier alpha value is -1.22. The molecule has 0 aliphatic heterocycles. The van der Waals surface area contributed by atoms with Crippen LogP contribution in [0.2, 0.25) is 0 Å². The van der Waals surface area contributed by atoms with Gasteiger partial charge in [-0.15, -0.1) is 0 Å². The number of rotatable bonds is 3. The second kappa shape index (κ2) is 3.42. The van der Waals surface area contributed by atoms with Crippen LogP contribution in [0.15, 0.2) is 18.2 Å². The summed E-state index contributed by atoms with van der Waals surface area (Å²) in [6.45, 7) is 1.98. The molecule has 15 heavy (non-hydrogen) atoms. The maximum absolute atomic E-state index is 9.91. The summed E-state index contributed by atoms with van der Waals surface area (Å²) in [6.07, 6.45) is 2.05. The summed E-state index contributed by atoms with van der Waals surface area (Å²) in [4.78, 5) is 0. The molecule has 0 bridgehead atoms. The fourth-order valence-electron chi connectivity index (χ4n) is 2.26. The lowest BCUT2D eigenvalue weighted by Crippen LogP contribution is -2.31. The van der Waals surface area contributed by atoms with Gasteiger partial charge in [0.15, 0.2) is 0 Å².